The lowest BCUT2D eigenvalue weighted by Gasteiger charge is -2.07. The van der Waals surface area contributed by atoms with Crippen LogP contribution in [0.5, 0.6) is 0 Å². The van der Waals surface area contributed by atoms with Crippen LogP contribution in [0.4, 0.5) is 5.82 Å². The molecular weight excluding hydrogens is 242 g/mol. The Morgan fingerprint density at radius 2 is 2.21 bits per heavy atom. The molecule has 0 unspecified atom stereocenters. The van der Waals surface area contributed by atoms with Crippen molar-refractivity contribution in [2.75, 3.05) is 11.9 Å². The number of hydrogen-bond acceptors (Lipinski definition) is 4. The molecule has 1 amide bonds. The number of amides is 1. The van der Waals surface area contributed by atoms with Gasteiger partial charge in [0.1, 0.15) is 11.5 Å². The first-order valence-electron chi connectivity index (χ1n) is 6.16. The largest absolute Gasteiger partial charge is 0.370 e. The molecular formula is C13H17N5O. The van der Waals surface area contributed by atoms with E-state index in [4.69, 9.17) is 0 Å². The van der Waals surface area contributed by atoms with E-state index >= 15 is 0 Å². The highest BCUT2D eigenvalue weighted by atomic mass is 16.1. The Labute approximate surface area is 111 Å². The van der Waals surface area contributed by atoms with Crippen LogP contribution in [-0.4, -0.2) is 27.2 Å². The summed E-state index contributed by atoms with van der Waals surface area (Å²) in [5.74, 6) is 0.511. The number of hydrogen-bond donors (Lipinski definition) is 2. The summed E-state index contributed by atoms with van der Waals surface area (Å²) >= 11 is 0. The molecule has 0 spiro atoms. The minimum atomic E-state index is -0.194. The first kappa shape index (κ1) is 13.1. The van der Waals surface area contributed by atoms with Crippen molar-refractivity contribution in [1.82, 2.24) is 20.1 Å². The van der Waals surface area contributed by atoms with E-state index in [1.165, 1.54) is 0 Å². The van der Waals surface area contributed by atoms with E-state index in [1.54, 1.807) is 16.9 Å². The summed E-state index contributed by atoms with van der Waals surface area (Å²) in [5.41, 5.74) is 1.34. The van der Waals surface area contributed by atoms with Gasteiger partial charge in [0, 0.05) is 19.8 Å². The van der Waals surface area contributed by atoms with E-state index in [1.807, 2.05) is 32.2 Å². The van der Waals surface area contributed by atoms with Gasteiger partial charge in [0.05, 0.1) is 12.2 Å². The molecule has 0 aliphatic heterocycles. The molecule has 2 N–H and O–H groups in total. The summed E-state index contributed by atoms with van der Waals surface area (Å²) in [7, 11) is 1.84. The van der Waals surface area contributed by atoms with Gasteiger partial charge in [0.2, 0.25) is 0 Å². The summed E-state index contributed by atoms with van der Waals surface area (Å²) in [6.45, 7) is 3.19. The summed E-state index contributed by atoms with van der Waals surface area (Å²) in [6, 6.07) is 7.20. The first-order chi connectivity index (χ1) is 9.20. The third-order valence-corrected chi connectivity index (χ3v) is 2.69. The number of nitrogens with one attached hydrogen (secondary N) is 2. The number of aryl methyl sites for hydroxylation is 1. The highest BCUT2D eigenvalue weighted by Crippen LogP contribution is 2.05. The van der Waals surface area contributed by atoms with Crippen molar-refractivity contribution in [3.05, 3.63) is 41.9 Å². The molecule has 2 heterocycles. The van der Waals surface area contributed by atoms with Crippen molar-refractivity contribution in [2.24, 2.45) is 7.05 Å². The Morgan fingerprint density at radius 1 is 1.37 bits per heavy atom. The van der Waals surface area contributed by atoms with Gasteiger partial charge < -0.3 is 10.6 Å². The fourth-order valence-electron chi connectivity index (χ4n) is 1.68. The summed E-state index contributed by atoms with van der Waals surface area (Å²) in [6.07, 6.45) is 1.70. The molecule has 0 bridgehead atoms. The fraction of sp³-hybridized carbons (Fsp3) is 0.308. The molecule has 0 saturated heterocycles. The predicted molar refractivity (Wildman–Crippen MR) is 72.8 cm³/mol. The molecule has 19 heavy (non-hydrogen) atoms. The number of pyridine rings is 1. The van der Waals surface area contributed by atoms with Crippen LogP contribution in [0.15, 0.2) is 30.5 Å². The predicted octanol–water partition coefficient (Wildman–Crippen LogP) is 1.18. The molecule has 0 aromatic carbocycles. The normalized spacial score (nSPS) is 10.2. The molecule has 6 nitrogen and oxygen atoms in total. The van der Waals surface area contributed by atoms with Gasteiger partial charge in [-0.15, -0.1) is 0 Å². The van der Waals surface area contributed by atoms with Gasteiger partial charge in [-0.1, -0.05) is 6.07 Å². The van der Waals surface area contributed by atoms with E-state index in [2.05, 4.69) is 20.7 Å². The second-order valence-corrected chi connectivity index (χ2v) is 4.07. The zero-order chi connectivity index (χ0) is 13.7. The molecule has 2 rings (SSSR count). The smallest absolute Gasteiger partial charge is 0.270 e. The van der Waals surface area contributed by atoms with E-state index < -0.39 is 0 Å². The Bertz CT molecular complexity index is 564. The summed E-state index contributed by atoms with van der Waals surface area (Å²) in [5, 5.41) is 9.94. The number of anilines is 1. The van der Waals surface area contributed by atoms with Crippen molar-refractivity contribution < 1.29 is 4.79 Å². The number of carbonyl (C=O) groups excluding carboxylic acids is 1. The van der Waals surface area contributed by atoms with E-state index in [-0.39, 0.29) is 5.91 Å². The second-order valence-electron chi connectivity index (χ2n) is 4.07. The molecule has 0 radical (unpaired) electrons. The van der Waals surface area contributed by atoms with Gasteiger partial charge in [-0.2, -0.15) is 5.10 Å². The number of carbonyl (C=O) groups is 1. The Kier molecular flexibility index (Phi) is 4.12. The molecule has 6 heteroatoms. The molecule has 100 valence electrons. The lowest BCUT2D eigenvalue weighted by molar-refractivity contribution is 0.0945. The third kappa shape index (κ3) is 3.31. The Morgan fingerprint density at radius 3 is 2.89 bits per heavy atom. The van der Waals surface area contributed by atoms with Crippen molar-refractivity contribution in [3.63, 3.8) is 0 Å². The van der Waals surface area contributed by atoms with Gasteiger partial charge in [-0.3, -0.25) is 9.48 Å². The number of aromatic nitrogens is 3. The molecule has 2 aromatic heterocycles. The fourth-order valence-corrected chi connectivity index (χ4v) is 1.68. The van der Waals surface area contributed by atoms with Crippen molar-refractivity contribution in [1.29, 1.82) is 0 Å². The van der Waals surface area contributed by atoms with Crippen LogP contribution in [0.25, 0.3) is 0 Å². The maximum absolute atomic E-state index is 12.0. The van der Waals surface area contributed by atoms with Crippen LogP contribution >= 0.6 is 0 Å². The molecule has 0 atom stereocenters. The monoisotopic (exact) mass is 259 g/mol. The van der Waals surface area contributed by atoms with Gasteiger partial charge >= 0.3 is 0 Å². The Hall–Kier alpha value is -2.37. The van der Waals surface area contributed by atoms with E-state index in [0.717, 1.165) is 12.2 Å². The van der Waals surface area contributed by atoms with E-state index in [0.29, 0.717) is 18.1 Å². The topological polar surface area (TPSA) is 71.8 Å². The van der Waals surface area contributed by atoms with Crippen molar-refractivity contribution >= 4 is 11.7 Å². The van der Waals surface area contributed by atoms with Crippen LogP contribution in [0.1, 0.15) is 23.1 Å². The molecule has 0 saturated carbocycles. The quantitative estimate of drug-likeness (QED) is 0.845. The summed E-state index contributed by atoms with van der Waals surface area (Å²) < 4.78 is 1.72. The van der Waals surface area contributed by atoms with Crippen LogP contribution in [-0.2, 0) is 13.6 Å². The van der Waals surface area contributed by atoms with Gasteiger partial charge in [0.15, 0.2) is 0 Å². The lowest BCUT2D eigenvalue weighted by atomic mass is 10.3. The van der Waals surface area contributed by atoms with Gasteiger partial charge in [-0.05, 0) is 25.1 Å². The van der Waals surface area contributed by atoms with Crippen LogP contribution in [0.3, 0.4) is 0 Å². The maximum Gasteiger partial charge on any atom is 0.270 e. The van der Waals surface area contributed by atoms with Crippen molar-refractivity contribution in [2.45, 2.75) is 13.5 Å². The molecule has 2 aromatic rings. The molecule has 0 fully saturated rings. The zero-order valence-electron chi connectivity index (χ0n) is 11.1. The minimum absolute atomic E-state index is 0.194. The van der Waals surface area contributed by atoms with Gasteiger partial charge in [-0.25, -0.2) is 4.98 Å². The second kappa shape index (κ2) is 5.99. The standard InChI is InChI=1S/C13H17N5O/c1-3-14-12-6-4-5-11(17-12)13(19)15-9-10-7-8-16-18(10)2/h4-8H,3,9H2,1-2H3,(H,14,17)(H,15,19). The number of nitrogens with zero attached hydrogens (tertiary/aromatic N) is 3. The SMILES string of the molecule is CCNc1cccc(C(=O)NCc2ccnn2C)n1. The van der Waals surface area contributed by atoms with E-state index in [9.17, 15) is 4.79 Å². The third-order valence-electron chi connectivity index (χ3n) is 2.69. The highest BCUT2D eigenvalue weighted by Gasteiger charge is 2.08. The first-order valence-corrected chi connectivity index (χ1v) is 6.16. The van der Waals surface area contributed by atoms with Crippen LogP contribution in [0, 0.1) is 0 Å². The average Bonchev–Trinajstić information content (AvgIpc) is 2.82. The highest BCUT2D eigenvalue weighted by molar-refractivity contribution is 5.92. The molecule has 0 aliphatic rings. The molecule has 0 aliphatic carbocycles. The van der Waals surface area contributed by atoms with Crippen LogP contribution in [0.2, 0.25) is 0 Å². The number of rotatable bonds is 5. The Balaban J connectivity index is 2.00. The zero-order valence-corrected chi connectivity index (χ0v) is 11.1. The average molecular weight is 259 g/mol. The minimum Gasteiger partial charge on any atom is -0.370 e. The summed E-state index contributed by atoms with van der Waals surface area (Å²) in [4.78, 5) is 16.2. The van der Waals surface area contributed by atoms with Crippen molar-refractivity contribution in [3.8, 4) is 0 Å². The van der Waals surface area contributed by atoms with Crippen LogP contribution < -0.4 is 10.6 Å². The maximum atomic E-state index is 12.0. The van der Waals surface area contributed by atoms with Gasteiger partial charge in [0.25, 0.3) is 5.91 Å². The lowest BCUT2D eigenvalue weighted by Crippen LogP contribution is -2.25.